The van der Waals surface area contributed by atoms with E-state index >= 15 is 0 Å². The SMILES string of the molecule is COc1ccc(CN2CCN(C(=O)c3cccc(S(=O)(=O)N(C)c4ccccc4)c3)CC2)cc1F. The number of anilines is 1. The van der Waals surface area contributed by atoms with Crippen molar-refractivity contribution < 1.29 is 22.3 Å². The zero-order valence-electron chi connectivity index (χ0n) is 19.7. The van der Waals surface area contributed by atoms with Crippen molar-refractivity contribution in [2.24, 2.45) is 0 Å². The molecule has 1 amide bonds. The second kappa shape index (κ2) is 10.5. The average Bonchev–Trinajstić information content (AvgIpc) is 2.89. The van der Waals surface area contributed by atoms with Gasteiger partial charge in [0.2, 0.25) is 0 Å². The van der Waals surface area contributed by atoms with E-state index in [1.165, 1.54) is 36.7 Å². The molecule has 0 spiro atoms. The van der Waals surface area contributed by atoms with Crippen molar-refractivity contribution in [3.05, 3.63) is 89.7 Å². The lowest BCUT2D eigenvalue weighted by molar-refractivity contribution is 0.0628. The quantitative estimate of drug-likeness (QED) is 0.499. The van der Waals surface area contributed by atoms with E-state index in [9.17, 15) is 17.6 Å². The van der Waals surface area contributed by atoms with Crippen LogP contribution in [-0.2, 0) is 16.6 Å². The van der Waals surface area contributed by atoms with Crippen LogP contribution in [0.1, 0.15) is 15.9 Å². The van der Waals surface area contributed by atoms with Gasteiger partial charge in [0.1, 0.15) is 0 Å². The lowest BCUT2D eigenvalue weighted by Crippen LogP contribution is -2.48. The summed E-state index contributed by atoms with van der Waals surface area (Å²) in [6.45, 7) is 2.83. The number of carbonyl (C=O) groups excluding carboxylic acids is 1. The molecule has 9 heteroatoms. The normalized spacial score (nSPS) is 14.5. The highest BCUT2D eigenvalue weighted by Crippen LogP contribution is 2.23. The molecule has 1 saturated heterocycles. The minimum absolute atomic E-state index is 0.0647. The fourth-order valence-electron chi connectivity index (χ4n) is 4.08. The van der Waals surface area contributed by atoms with E-state index in [0.29, 0.717) is 44.0 Å². The van der Waals surface area contributed by atoms with Crippen LogP contribution in [0.4, 0.5) is 10.1 Å². The van der Waals surface area contributed by atoms with E-state index in [1.807, 2.05) is 12.1 Å². The molecule has 0 aliphatic carbocycles. The van der Waals surface area contributed by atoms with Gasteiger partial charge >= 0.3 is 0 Å². The summed E-state index contributed by atoms with van der Waals surface area (Å²) in [4.78, 5) is 17.1. The zero-order chi connectivity index (χ0) is 25.0. The maximum atomic E-state index is 14.0. The molecule has 7 nitrogen and oxygen atoms in total. The van der Waals surface area contributed by atoms with E-state index in [4.69, 9.17) is 4.74 Å². The third-order valence-electron chi connectivity index (χ3n) is 6.14. The van der Waals surface area contributed by atoms with Gasteiger partial charge in [-0.05, 0) is 48.0 Å². The van der Waals surface area contributed by atoms with Crippen LogP contribution in [0.2, 0.25) is 0 Å². The van der Waals surface area contributed by atoms with Crippen LogP contribution in [0.5, 0.6) is 5.75 Å². The molecule has 4 rings (SSSR count). The van der Waals surface area contributed by atoms with Crippen LogP contribution in [0.25, 0.3) is 0 Å². The first-order valence-corrected chi connectivity index (χ1v) is 12.7. The lowest BCUT2D eigenvalue weighted by Gasteiger charge is -2.35. The molecule has 35 heavy (non-hydrogen) atoms. The summed E-state index contributed by atoms with van der Waals surface area (Å²) < 4.78 is 46.4. The van der Waals surface area contributed by atoms with Gasteiger partial charge < -0.3 is 9.64 Å². The number of hydrogen-bond donors (Lipinski definition) is 0. The van der Waals surface area contributed by atoms with Gasteiger partial charge in [0.25, 0.3) is 15.9 Å². The molecular weight excluding hydrogens is 469 g/mol. The number of nitrogens with zero attached hydrogens (tertiary/aromatic N) is 3. The number of methoxy groups -OCH3 is 1. The molecule has 1 aliphatic rings. The van der Waals surface area contributed by atoms with Crippen LogP contribution in [0, 0.1) is 5.82 Å². The van der Waals surface area contributed by atoms with Crippen molar-refractivity contribution in [1.29, 1.82) is 0 Å². The Morgan fingerprint density at radius 3 is 2.34 bits per heavy atom. The van der Waals surface area contributed by atoms with E-state index < -0.39 is 15.8 Å². The summed E-state index contributed by atoms with van der Waals surface area (Å²) in [6, 6.07) is 19.9. The second-order valence-corrected chi connectivity index (χ2v) is 10.3. The van der Waals surface area contributed by atoms with Gasteiger partial charge in [-0.25, -0.2) is 12.8 Å². The first-order chi connectivity index (χ1) is 16.8. The fraction of sp³-hybridized carbons (Fsp3) is 0.269. The standard InChI is InChI=1S/C26H28FN3O4S/c1-28(22-8-4-3-5-9-22)35(32,33)23-10-6-7-21(18-23)26(31)30-15-13-29(14-16-30)19-20-11-12-25(34-2)24(27)17-20/h3-12,17-18H,13-16,19H2,1-2H3. The molecule has 0 atom stereocenters. The zero-order valence-corrected chi connectivity index (χ0v) is 20.5. The van der Waals surface area contributed by atoms with E-state index in [1.54, 1.807) is 47.4 Å². The highest BCUT2D eigenvalue weighted by Gasteiger charge is 2.26. The Kier molecular flexibility index (Phi) is 7.37. The Labute approximate surface area is 205 Å². The molecule has 1 heterocycles. The number of para-hydroxylation sites is 1. The van der Waals surface area contributed by atoms with Gasteiger partial charge in [0, 0.05) is 45.3 Å². The Balaban J connectivity index is 1.41. The number of carbonyl (C=O) groups is 1. The van der Waals surface area contributed by atoms with Crippen molar-refractivity contribution in [3.8, 4) is 5.75 Å². The molecule has 0 unspecified atom stereocenters. The van der Waals surface area contributed by atoms with Crippen molar-refractivity contribution >= 4 is 21.6 Å². The van der Waals surface area contributed by atoms with Crippen molar-refractivity contribution in [1.82, 2.24) is 9.80 Å². The lowest BCUT2D eigenvalue weighted by atomic mass is 10.1. The summed E-state index contributed by atoms with van der Waals surface area (Å²) in [6.07, 6.45) is 0. The largest absolute Gasteiger partial charge is 0.494 e. The van der Waals surface area contributed by atoms with Crippen molar-refractivity contribution in [2.45, 2.75) is 11.4 Å². The van der Waals surface area contributed by atoms with Crippen molar-refractivity contribution in [2.75, 3.05) is 44.6 Å². The number of rotatable bonds is 7. The first-order valence-electron chi connectivity index (χ1n) is 11.3. The maximum Gasteiger partial charge on any atom is 0.264 e. The molecule has 1 fully saturated rings. The number of amides is 1. The molecule has 0 radical (unpaired) electrons. The number of piperazine rings is 1. The van der Waals surface area contributed by atoms with E-state index in [2.05, 4.69) is 4.90 Å². The first kappa shape index (κ1) is 24.7. The molecule has 0 aromatic heterocycles. The Hall–Kier alpha value is -3.43. The molecular formula is C26H28FN3O4S. The topological polar surface area (TPSA) is 70.2 Å². The van der Waals surface area contributed by atoms with Gasteiger partial charge in [0.05, 0.1) is 17.7 Å². The van der Waals surface area contributed by atoms with Crippen LogP contribution in [0.3, 0.4) is 0 Å². The number of hydrogen-bond acceptors (Lipinski definition) is 5. The maximum absolute atomic E-state index is 14.0. The third kappa shape index (κ3) is 5.47. The summed E-state index contributed by atoms with van der Waals surface area (Å²) in [5, 5.41) is 0. The van der Waals surface area contributed by atoms with Crippen molar-refractivity contribution in [3.63, 3.8) is 0 Å². The Bertz CT molecular complexity index is 1290. The summed E-state index contributed by atoms with van der Waals surface area (Å²) in [5.41, 5.74) is 1.71. The predicted octanol–water partition coefficient (Wildman–Crippen LogP) is 3.62. The molecule has 0 N–H and O–H groups in total. The van der Waals surface area contributed by atoms with Crippen LogP contribution >= 0.6 is 0 Å². The van der Waals surface area contributed by atoms with Gasteiger partial charge in [-0.2, -0.15) is 0 Å². The van der Waals surface area contributed by atoms with E-state index in [0.717, 1.165) is 5.56 Å². The Morgan fingerprint density at radius 2 is 1.69 bits per heavy atom. The average molecular weight is 498 g/mol. The number of ether oxygens (including phenoxy) is 1. The summed E-state index contributed by atoms with van der Waals surface area (Å²) >= 11 is 0. The summed E-state index contributed by atoms with van der Waals surface area (Å²) in [7, 11) is -0.891. The second-order valence-electron chi connectivity index (χ2n) is 8.37. The molecule has 184 valence electrons. The third-order valence-corrected chi connectivity index (χ3v) is 7.92. The number of benzene rings is 3. The molecule has 1 aliphatic heterocycles. The Morgan fingerprint density at radius 1 is 0.971 bits per heavy atom. The van der Waals surface area contributed by atoms with Crippen LogP contribution in [0.15, 0.2) is 77.7 Å². The van der Waals surface area contributed by atoms with E-state index in [-0.39, 0.29) is 16.6 Å². The monoisotopic (exact) mass is 497 g/mol. The van der Waals surface area contributed by atoms with Gasteiger partial charge in [0.15, 0.2) is 11.6 Å². The predicted molar refractivity (Wildman–Crippen MR) is 133 cm³/mol. The number of sulfonamides is 1. The molecule has 0 bridgehead atoms. The van der Waals surface area contributed by atoms with Crippen LogP contribution < -0.4 is 9.04 Å². The minimum atomic E-state index is -3.82. The molecule has 0 saturated carbocycles. The molecule has 3 aromatic carbocycles. The minimum Gasteiger partial charge on any atom is -0.494 e. The highest BCUT2D eigenvalue weighted by atomic mass is 32.2. The smallest absolute Gasteiger partial charge is 0.264 e. The van der Waals surface area contributed by atoms with Gasteiger partial charge in [-0.1, -0.05) is 30.3 Å². The molecule has 3 aromatic rings. The fourth-order valence-corrected chi connectivity index (χ4v) is 5.32. The summed E-state index contributed by atoms with van der Waals surface area (Å²) in [5.74, 6) is -0.394. The number of halogens is 1. The van der Waals surface area contributed by atoms with Crippen LogP contribution in [-0.4, -0.2) is 64.5 Å². The van der Waals surface area contributed by atoms with Gasteiger partial charge in [-0.15, -0.1) is 0 Å². The highest BCUT2D eigenvalue weighted by molar-refractivity contribution is 7.92. The van der Waals surface area contributed by atoms with Gasteiger partial charge in [-0.3, -0.25) is 14.0 Å².